The summed E-state index contributed by atoms with van der Waals surface area (Å²) in [7, 11) is 0. The Morgan fingerprint density at radius 1 is 0.952 bits per heavy atom. The van der Waals surface area contributed by atoms with Gasteiger partial charge in [0.1, 0.15) is 17.7 Å². The van der Waals surface area contributed by atoms with Crippen molar-refractivity contribution >= 4 is 16.9 Å². The number of benzene rings is 1. The molecule has 1 unspecified atom stereocenters. The van der Waals surface area contributed by atoms with Crippen molar-refractivity contribution in [2.45, 2.75) is 37.8 Å². The number of hydrogen-bond acceptors (Lipinski definition) is 8. The van der Waals surface area contributed by atoms with Gasteiger partial charge in [0.05, 0.1) is 17.8 Å². The highest BCUT2D eigenvalue weighted by Gasteiger charge is 2.26. The minimum absolute atomic E-state index is 0.294. The average Bonchev–Trinajstić information content (AvgIpc) is 3.70. The van der Waals surface area contributed by atoms with Crippen LogP contribution in [0.1, 0.15) is 49.2 Å². The molecule has 4 aromatic heterocycles. The van der Waals surface area contributed by atoms with Gasteiger partial charge in [-0.05, 0) is 55.5 Å². The molecule has 214 valence electrons. The minimum Gasteiger partial charge on any atom is -0.381 e. The lowest BCUT2D eigenvalue weighted by molar-refractivity contribution is 0.0662. The van der Waals surface area contributed by atoms with E-state index >= 15 is 0 Å². The van der Waals surface area contributed by atoms with E-state index in [-0.39, 0.29) is 5.82 Å². The van der Waals surface area contributed by atoms with Crippen molar-refractivity contribution in [1.29, 1.82) is 0 Å². The fourth-order valence-electron chi connectivity index (χ4n) is 5.74. The zero-order valence-electron chi connectivity index (χ0n) is 23.4. The Bertz CT molecular complexity index is 1730. The maximum Gasteiger partial charge on any atom is 0.156 e. The molecule has 0 amide bonds. The van der Waals surface area contributed by atoms with E-state index in [0.29, 0.717) is 18.4 Å². The highest BCUT2D eigenvalue weighted by Crippen LogP contribution is 2.31. The molecule has 5 aromatic rings. The Labute approximate surface area is 242 Å². The van der Waals surface area contributed by atoms with Crippen molar-refractivity contribution in [3.05, 3.63) is 96.5 Å². The van der Waals surface area contributed by atoms with E-state index in [0.717, 1.165) is 78.2 Å². The van der Waals surface area contributed by atoms with Gasteiger partial charge in [-0.3, -0.25) is 4.68 Å². The molecule has 1 atom stereocenters. The van der Waals surface area contributed by atoms with Crippen molar-refractivity contribution in [2.24, 2.45) is 5.73 Å². The number of aromatic nitrogens is 7. The molecular weight excluding hydrogens is 533 g/mol. The van der Waals surface area contributed by atoms with E-state index in [1.165, 1.54) is 12.1 Å². The molecule has 42 heavy (non-hydrogen) atoms. The summed E-state index contributed by atoms with van der Waals surface area (Å²) < 4.78 is 22.8. The van der Waals surface area contributed by atoms with Crippen LogP contribution >= 0.6 is 0 Å². The van der Waals surface area contributed by atoms with Crippen LogP contribution in [0.25, 0.3) is 22.2 Å². The van der Waals surface area contributed by atoms with Crippen LogP contribution in [0.5, 0.6) is 0 Å². The first-order valence-electron chi connectivity index (χ1n) is 14.2. The Kier molecular flexibility index (Phi) is 6.75. The van der Waals surface area contributed by atoms with Crippen molar-refractivity contribution < 1.29 is 9.13 Å². The summed E-state index contributed by atoms with van der Waals surface area (Å²) in [4.78, 5) is 16.2. The molecule has 0 radical (unpaired) electrons. The van der Waals surface area contributed by atoms with Crippen molar-refractivity contribution in [3.8, 4) is 11.1 Å². The summed E-state index contributed by atoms with van der Waals surface area (Å²) in [5, 5.41) is 9.11. The summed E-state index contributed by atoms with van der Waals surface area (Å²) in [5.74, 6) is 1.28. The number of fused-ring (bicyclic) bond motifs is 1. The maximum atomic E-state index is 13.4. The van der Waals surface area contributed by atoms with Gasteiger partial charge < -0.3 is 15.4 Å². The highest BCUT2D eigenvalue weighted by molar-refractivity contribution is 5.78. The summed E-state index contributed by atoms with van der Waals surface area (Å²) in [6.45, 7) is 4.89. The van der Waals surface area contributed by atoms with Crippen LogP contribution in [-0.2, 0) is 10.3 Å². The lowest BCUT2D eigenvalue weighted by Crippen LogP contribution is -2.34. The maximum absolute atomic E-state index is 13.4. The molecular formula is C31H32FN9O. The van der Waals surface area contributed by atoms with Gasteiger partial charge in [-0.25, -0.2) is 23.9 Å². The Hall–Kier alpha value is -4.48. The molecule has 11 heteroatoms. The van der Waals surface area contributed by atoms with Crippen LogP contribution in [0.15, 0.2) is 73.7 Å². The van der Waals surface area contributed by atoms with Gasteiger partial charge in [-0.1, -0.05) is 18.2 Å². The van der Waals surface area contributed by atoms with Crippen molar-refractivity contribution in [3.63, 3.8) is 0 Å². The Morgan fingerprint density at radius 2 is 1.74 bits per heavy atom. The highest BCUT2D eigenvalue weighted by atomic mass is 19.1. The van der Waals surface area contributed by atoms with Crippen LogP contribution in [0, 0.1) is 5.82 Å². The third-order valence-corrected chi connectivity index (χ3v) is 8.38. The summed E-state index contributed by atoms with van der Waals surface area (Å²) >= 11 is 0. The first-order valence-corrected chi connectivity index (χ1v) is 14.2. The number of nitrogens with two attached hydrogens (primary N) is 1. The molecule has 7 rings (SSSR count). The molecule has 1 saturated heterocycles. The zero-order valence-corrected chi connectivity index (χ0v) is 23.4. The molecule has 2 aliphatic heterocycles. The first kappa shape index (κ1) is 26.4. The van der Waals surface area contributed by atoms with Gasteiger partial charge in [-0.15, -0.1) is 0 Å². The molecule has 0 bridgehead atoms. The van der Waals surface area contributed by atoms with Gasteiger partial charge in [-0.2, -0.15) is 10.2 Å². The van der Waals surface area contributed by atoms with Crippen molar-refractivity contribution in [1.82, 2.24) is 34.3 Å². The minimum atomic E-state index is -0.831. The number of halogens is 1. The molecule has 2 N–H and O–H groups in total. The average molecular weight is 566 g/mol. The van der Waals surface area contributed by atoms with Crippen LogP contribution in [0.4, 0.5) is 10.2 Å². The third kappa shape index (κ3) is 4.94. The van der Waals surface area contributed by atoms with E-state index < -0.39 is 5.54 Å². The second-order valence-corrected chi connectivity index (χ2v) is 11.1. The topological polar surface area (TPSA) is 112 Å². The lowest BCUT2D eigenvalue weighted by Gasteiger charge is -2.28. The molecule has 2 aliphatic rings. The van der Waals surface area contributed by atoms with Gasteiger partial charge in [0, 0.05) is 67.8 Å². The smallest absolute Gasteiger partial charge is 0.156 e. The number of nitrogens with zero attached hydrogens (tertiary/aromatic N) is 8. The molecule has 0 aliphatic carbocycles. The number of rotatable bonds is 6. The monoisotopic (exact) mass is 565 g/mol. The van der Waals surface area contributed by atoms with Gasteiger partial charge >= 0.3 is 0 Å². The largest absolute Gasteiger partial charge is 0.381 e. The molecule has 1 aromatic carbocycles. The fourth-order valence-corrected chi connectivity index (χ4v) is 5.74. The predicted molar refractivity (Wildman–Crippen MR) is 157 cm³/mol. The lowest BCUT2D eigenvalue weighted by atomic mass is 9.87. The van der Waals surface area contributed by atoms with E-state index in [1.807, 2.05) is 23.8 Å². The molecule has 1 fully saturated rings. The van der Waals surface area contributed by atoms with Gasteiger partial charge in [0.15, 0.2) is 11.6 Å². The number of ether oxygens (including phenoxy) is 1. The van der Waals surface area contributed by atoms with Gasteiger partial charge in [0.25, 0.3) is 0 Å². The first-order chi connectivity index (χ1) is 20.5. The molecule has 0 spiro atoms. The molecule has 0 saturated carbocycles. The summed E-state index contributed by atoms with van der Waals surface area (Å²) in [6, 6.07) is 8.73. The van der Waals surface area contributed by atoms with Crippen LogP contribution in [0.2, 0.25) is 0 Å². The number of hydrogen-bond donors (Lipinski definition) is 1. The Balaban J connectivity index is 1.08. The van der Waals surface area contributed by atoms with Crippen LogP contribution < -0.4 is 10.6 Å². The van der Waals surface area contributed by atoms with E-state index in [9.17, 15) is 4.39 Å². The number of anilines is 1. The summed E-state index contributed by atoms with van der Waals surface area (Å²) in [5.41, 5.74) is 11.5. The quantitative estimate of drug-likeness (QED) is 0.323. The van der Waals surface area contributed by atoms with Crippen molar-refractivity contribution in [2.75, 3.05) is 31.2 Å². The second kappa shape index (κ2) is 10.7. The molecule has 10 nitrogen and oxygen atoms in total. The normalized spacial score (nSPS) is 17.8. The fraction of sp³-hybridized carbons (Fsp3) is 0.323. The van der Waals surface area contributed by atoms with E-state index in [1.54, 1.807) is 30.9 Å². The summed E-state index contributed by atoms with van der Waals surface area (Å²) in [6.07, 6.45) is 16.1. The third-order valence-electron chi connectivity index (χ3n) is 8.38. The van der Waals surface area contributed by atoms with E-state index in [4.69, 9.17) is 10.5 Å². The van der Waals surface area contributed by atoms with Crippen LogP contribution in [0.3, 0.4) is 0 Å². The predicted octanol–water partition coefficient (Wildman–Crippen LogP) is 4.39. The SMILES string of the molecule is CC(N)(c1ccc(F)cc1)c1cnc(C2=CCN(c3ncnn4cc(-c5cnn(C6CCOCC6)c5)cc34)CC2)nc1. The van der Waals surface area contributed by atoms with Gasteiger partial charge in [0.2, 0.25) is 0 Å². The standard InChI is InChI=1S/C31H32FN9O/c1-31(33,24-2-4-26(32)5-3-24)25-16-34-29(35-17-25)21-6-10-39(11-7-21)30-28-14-22(18-41(28)38-20-36-30)23-15-37-40(19-23)27-8-12-42-13-9-27/h2-6,14-20,27H,7-13,33H2,1H3. The van der Waals surface area contributed by atoms with E-state index in [2.05, 4.69) is 53.1 Å². The Morgan fingerprint density at radius 3 is 2.48 bits per heavy atom. The van der Waals surface area contributed by atoms with Crippen LogP contribution in [-0.4, -0.2) is 60.6 Å². The second-order valence-electron chi connectivity index (χ2n) is 11.1. The molecule has 6 heterocycles. The zero-order chi connectivity index (χ0) is 28.7.